The van der Waals surface area contributed by atoms with Crippen molar-refractivity contribution in [2.75, 3.05) is 12.4 Å². The zero-order valence-corrected chi connectivity index (χ0v) is 19.5. The number of ether oxygens (including phenoxy) is 1. The Hall–Kier alpha value is -4.40. The summed E-state index contributed by atoms with van der Waals surface area (Å²) in [5.41, 5.74) is -0.326. The molecule has 178 valence electrons. The first-order valence-corrected chi connectivity index (χ1v) is 11.5. The summed E-state index contributed by atoms with van der Waals surface area (Å²) < 4.78 is 35.4. The number of hydrogen-bond donors (Lipinski definition) is 1. The molecular weight excluding hydrogens is 498 g/mol. The number of halogens is 1. The van der Waals surface area contributed by atoms with E-state index in [2.05, 4.69) is 5.32 Å². The van der Waals surface area contributed by atoms with Crippen LogP contribution in [-0.2, 0) is 14.9 Å². The minimum atomic E-state index is -4.12. The fraction of sp³-hybridized carbons (Fsp3) is 0.0435. The third kappa shape index (κ3) is 6.14. The Labute approximate surface area is 205 Å². The van der Waals surface area contributed by atoms with Crippen molar-refractivity contribution in [2.45, 2.75) is 4.90 Å². The van der Waals surface area contributed by atoms with Gasteiger partial charge in [0.1, 0.15) is 21.6 Å². The van der Waals surface area contributed by atoms with Gasteiger partial charge in [-0.1, -0.05) is 35.9 Å². The molecule has 35 heavy (non-hydrogen) atoms. The monoisotopic (exact) mass is 513 g/mol. The summed E-state index contributed by atoms with van der Waals surface area (Å²) in [4.78, 5) is 22.8. The van der Waals surface area contributed by atoms with Crippen LogP contribution in [0, 0.1) is 21.4 Å². The molecule has 3 rings (SSSR count). The number of nitro benzene ring substituents is 1. The third-order valence-electron chi connectivity index (χ3n) is 4.50. The van der Waals surface area contributed by atoms with Crippen LogP contribution in [0.3, 0.4) is 0 Å². The lowest BCUT2D eigenvalue weighted by atomic mass is 10.1. The van der Waals surface area contributed by atoms with Crippen LogP contribution in [0.5, 0.6) is 11.5 Å². The molecule has 1 amide bonds. The molecule has 0 aromatic heterocycles. The maximum Gasteiger partial charge on any atom is 0.339 e. The van der Waals surface area contributed by atoms with Gasteiger partial charge in [-0.3, -0.25) is 14.9 Å². The number of methoxy groups -OCH3 is 1. The average Bonchev–Trinajstić information content (AvgIpc) is 2.84. The summed E-state index contributed by atoms with van der Waals surface area (Å²) in [7, 11) is -2.81. The highest BCUT2D eigenvalue weighted by Gasteiger charge is 2.20. The first-order valence-electron chi connectivity index (χ1n) is 9.69. The molecule has 0 saturated carbocycles. The summed E-state index contributed by atoms with van der Waals surface area (Å²) in [5, 5.41) is 22.8. The molecule has 3 aromatic rings. The van der Waals surface area contributed by atoms with Crippen molar-refractivity contribution in [2.24, 2.45) is 0 Å². The van der Waals surface area contributed by atoms with E-state index in [-0.39, 0.29) is 32.7 Å². The number of nitriles is 1. The van der Waals surface area contributed by atoms with Crippen molar-refractivity contribution < 1.29 is 27.1 Å². The molecule has 0 aliphatic carbocycles. The van der Waals surface area contributed by atoms with Crippen molar-refractivity contribution in [3.05, 3.63) is 93.0 Å². The van der Waals surface area contributed by atoms with Crippen LogP contribution in [-0.4, -0.2) is 26.4 Å². The number of rotatable bonds is 8. The van der Waals surface area contributed by atoms with E-state index in [0.29, 0.717) is 5.56 Å². The third-order valence-corrected chi connectivity index (χ3v) is 6.06. The summed E-state index contributed by atoms with van der Waals surface area (Å²) in [5.74, 6) is -0.871. The highest BCUT2D eigenvalue weighted by molar-refractivity contribution is 7.87. The molecule has 0 unspecified atom stereocenters. The lowest BCUT2D eigenvalue weighted by molar-refractivity contribution is -0.384. The average molecular weight is 514 g/mol. The normalized spacial score (nSPS) is 11.3. The predicted octanol–water partition coefficient (Wildman–Crippen LogP) is 4.57. The maximum atomic E-state index is 12.5. The fourth-order valence-electron chi connectivity index (χ4n) is 2.84. The molecule has 0 bridgehead atoms. The van der Waals surface area contributed by atoms with Gasteiger partial charge in [0.2, 0.25) is 0 Å². The van der Waals surface area contributed by atoms with Gasteiger partial charge >= 0.3 is 10.1 Å². The number of benzene rings is 3. The van der Waals surface area contributed by atoms with E-state index in [4.69, 9.17) is 20.5 Å². The van der Waals surface area contributed by atoms with E-state index in [1.807, 2.05) is 0 Å². The maximum absolute atomic E-state index is 12.5. The van der Waals surface area contributed by atoms with Crippen LogP contribution in [0.15, 0.2) is 77.2 Å². The number of carbonyl (C=O) groups is 1. The second-order valence-corrected chi connectivity index (χ2v) is 8.76. The van der Waals surface area contributed by atoms with Gasteiger partial charge in [0, 0.05) is 11.8 Å². The molecule has 10 nitrogen and oxygen atoms in total. The first kappa shape index (κ1) is 25.2. The molecule has 0 saturated heterocycles. The molecule has 0 aliphatic rings. The standard InChI is InChI=1S/C23H16ClN3O7S/c1-33-22-12-15(7-10-21(22)34-35(31,32)18-5-3-2-4-6-18)11-16(14-25)23(28)26-17-8-9-19(24)20(13-17)27(29)30/h2-13H,1H3,(H,26,28)/b16-11+. The minimum Gasteiger partial charge on any atom is -0.493 e. The van der Waals surface area contributed by atoms with Gasteiger partial charge in [-0.2, -0.15) is 13.7 Å². The summed E-state index contributed by atoms with van der Waals surface area (Å²) in [6.07, 6.45) is 1.23. The number of anilines is 1. The number of carbonyl (C=O) groups excluding carboxylic acids is 1. The Morgan fingerprint density at radius 3 is 2.46 bits per heavy atom. The van der Waals surface area contributed by atoms with Crippen molar-refractivity contribution in [3.8, 4) is 17.6 Å². The molecule has 0 spiro atoms. The zero-order valence-electron chi connectivity index (χ0n) is 18.0. The first-order chi connectivity index (χ1) is 16.6. The highest BCUT2D eigenvalue weighted by atomic mass is 35.5. The van der Waals surface area contributed by atoms with Crippen LogP contribution in [0.2, 0.25) is 5.02 Å². The van der Waals surface area contributed by atoms with Crippen LogP contribution >= 0.6 is 11.6 Å². The Morgan fingerprint density at radius 2 is 1.83 bits per heavy atom. The Balaban J connectivity index is 1.85. The van der Waals surface area contributed by atoms with Crippen molar-refractivity contribution in [1.82, 2.24) is 0 Å². The van der Waals surface area contributed by atoms with E-state index in [0.717, 1.165) is 6.07 Å². The molecule has 0 heterocycles. The SMILES string of the molecule is COc1cc(/C=C(\C#N)C(=O)Nc2ccc(Cl)c([N+](=O)[O-])c2)ccc1OS(=O)(=O)c1ccccc1. The van der Waals surface area contributed by atoms with E-state index in [1.165, 1.54) is 55.7 Å². The van der Waals surface area contributed by atoms with Gasteiger partial charge < -0.3 is 14.2 Å². The molecular formula is C23H16ClN3O7S. The summed E-state index contributed by atoms with van der Waals surface area (Å²) >= 11 is 5.76. The number of hydrogen-bond acceptors (Lipinski definition) is 8. The minimum absolute atomic E-state index is 0.0445. The largest absolute Gasteiger partial charge is 0.493 e. The van der Waals surface area contributed by atoms with Crippen molar-refractivity contribution in [1.29, 1.82) is 5.26 Å². The molecule has 0 atom stereocenters. The molecule has 1 N–H and O–H groups in total. The van der Waals surface area contributed by atoms with Gasteiger partial charge in [0.15, 0.2) is 11.5 Å². The van der Waals surface area contributed by atoms with Crippen molar-refractivity contribution >= 4 is 45.1 Å². The fourth-order valence-corrected chi connectivity index (χ4v) is 3.99. The second kappa shape index (κ2) is 10.7. The quantitative estimate of drug-likeness (QED) is 0.151. The number of nitro groups is 1. The van der Waals surface area contributed by atoms with E-state index >= 15 is 0 Å². The van der Waals surface area contributed by atoms with Gasteiger partial charge in [-0.25, -0.2) is 0 Å². The number of nitrogens with one attached hydrogen (secondary N) is 1. The topological polar surface area (TPSA) is 149 Å². The molecule has 0 fully saturated rings. The number of amides is 1. The zero-order chi connectivity index (χ0) is 25.6. The smallest absolute Gasteiger partial charge is 0.339 e. The van der Waals surface area contributed by atoms with E-state index in [1.54, 1.807) is 24.3 Å². The summed E-state index contributed by atoms with van der Waals surface area (Å²) in [6, 6.07) is 17.1. The lowest BCUT2D eigenvalue weighted by Gasteiger charge is -2.11. The Kier molecular flexibility index (Phi) is 7.70. The highest BCUT2D eigenvalue weighted by Crippen LogP contribution is 2.32. The molecule has 12 heteroatoms. The van der Waals surface area contributed by atoms with Gasteiger partial charge in [0.25, 0.3) is 11.6 Å². The van der Waals surface area contributed by atoms with E-state index < -0.39 is 26.6 Å². The molecule has 3 aromatic carbocycles. The van der Waals surface area contributed by atoms with Crippen LogP contribution in [0.1, 0.15) is 5.56 Å². The number of nitrogens with zero attached hydrogens (tertiary/aromatic N) is 2. The van der Waals surface area contributed by atoms with Gasteiger partial charge in [-0.05, 0) is 48.0 Å². The van der Waals surface area contributed by atoms with Crippen LogP contribution in [0.4, 0.5) is 11.4 Å². The summed E-state index contributed by atoms with van der Waals surface area (Å²) in [6.45, 7) is 0. The van der Waals surface area contributed by atoms with Crippen LogP contribution < -0.4 is 14.2 Å². The van der Waals surface area contributed by atoms with Crippen LogP contribution in [0.25, 0.3) is 6.08 Å². The van der Waals surface area contributed by atoms with Gasteiger partial charge in [-0.15, -0.1) is 0 Å². The molecule has 0 aliphatic heterocycles. The predicted molar refractivity (Wildman–Crippen MR) is 128 cm³/mol. The van der Waals surface area contributed by atoms with E-state index in [9.17, 15) is 28.6 Å². The lowest BCUT2D eigenvalue weighted by Crippen LogP contribution is -2.13. The van der Waals surface area contributed by atoms with Gasteiger partial charge in [0.05, 0.1) is 12.0 Å². The Morgan fingerprint density at radius 1 is 1.11 bits per heavy atom. The van der Waals surface area contributed by atoms with Crippen molar-refractivity contribution in [3.63, 3.8) is 0 Å². The molecule has 0 radical (unpaired) electrons. The Bertz CT molecular complexity index is 1470. The second-order valence-electron chi connectivity index (χ2n) is 6.81.